The maximum atomic E-state index is 12.9. The first kappa shape index (κ1) is 23.5. The zero-order valence-corrected chi connectivity index (χ0v) is 18.6. The number of allylic oxidation sites excluding steroid dienone is 1. The molecule has 2 aliphatic heterocycles. The van der Waals surface area contributed by atoms with Gasteiger partial charge < -0.3 is 25.0 Å². The van der Waals surface area contributed by atoms with E-state index in [1.807, 2.05) is 12.1 Å². The highest BCUT2D eigenvalue weighted by molar-refractivity contribution is 6.03. The Labute approximate surface area is 187 Å². The number of Topliss-reactive ketones (excluding diaryl/α,β-unsaturated/α-hetero) is 1. The summed E-state index contributed by atoms with van der Waals surface area (Å²) in [5.74, 6) is -1.48. The van der Waals surface area contributed by atoms with Crippen LogP contribution in [0.1, 0.15) is 37.6 Å². The van der Waals surface area contributed by atoms with Crippen LogP contribution in [0.2, 0.25) is 0 Å². The normalized spacial score (nSPS) is 19.0. The molecule has 0 radical (unpaired) electrons. The highest BCUT2D eigenvalue weighted by Gasteiger charge is 2.34. The lowest BCUT2D eigenvalue weighted by atomic mass is 9.98. The van der Waals surface area contributed by atoms with Crippen molar-refractivity contribution in [1.29, 1.82) is 0 Å². The zero-order chi connectivity index (χ0) is 23.5. The first-order chi connectivity index (χ1) is 15.1. The third-order valence-corrected chi connectivity index (χ3v) is 5.52. The van der Waals surface area contributed by atoms with Crippen LogP contribution in [0.5, 0.6) is 0 Å². The number of hydrogen-bond acceptors (Lipinski definition) is 7. The van der Waals surface area contributed by atoms with Gasteiger partial charge in [0.1, 0.15) is 11.6 Å². The van der Waals surface area contributed by atoms with E-state index in [0.29, 0.717) is 31.7 Å². The van der Waals surface area contributed by atoms with Crippen molar-refractivity contribution in [2.45, 2.75) is 38.8 Å². The van der Waals surface area contributed by atoms with Gasteiger partial charge in [0.05, 0.1) is 6.61 Å². The van der Waals surface area contributed by atoms with E-state index in [4.69, 9.17) is 4.74 Å². The first-order valence-corrected chi connectivity index (χ1v) is 10.6. The molecule has 1 aromatic rings. The SMILES string of the molecule is CC(=O)c1ccc(N2CCN(C(=O)[C@H](CO)NC(=O)C3=CC(=O)CC(C)(C)O3)CC2)cc1. The number of carbonyl (C=O) groups excluding carboxylic acids is 4. The minimum Gasteiger partial charge on any atom is -0.482 e. The predicted octanol–water partition coefficient (Wildman–Crippen LogP) is 0.667. The summed E-state index contributed by atoms with van der Waals surface area (Å²) >= 11 is 0. The van der Waals surface area contributed by atoms with Crippen molar-refractivity contribution in [2.24, 2.45) is 0 Å². The van der Waals surface area contributed by atoms with Gasteiger partial charge >= 0.3 is 0 Å². The van der Waals surface area contributed by atoms with Gasteiger partial charge in [0.15, 0.2) is 17.3 Å². The van der Waals surface area contributed by atoms with Crippen LogP contribution in [0.4, 0.5) is 5.69 Å². The molecule has 2 heterocycles. The minimum absolute atomic E-state index is 0.00591. The average Bonchev–Trinajstić information content (AvgIpc) is 2.75. The molecular formula is C23H29N3O6. The number of amides is 2. The molecule has 0 aromatic heterocycles. The number of aliphatic hydroxyl groups is 1. The standard InChI is InChI=1S/C23H29N3O6/c1-15(28)16-4-6-17(7-5-16)25-8-10-26(11-9-25)22(31)19(14-27)24-21(30)20-12-18(29)13-23(2,3)32-20/h4-7,12,19,27H,8-11,13-14H2,1-3H3,(H,24,30)/t19-/m0/s1. The van der Waals surface area contributed by atoms with Crippen molar-refractivity contribution in [2.75, 3.05) is 37.7 Å². The van der Waals surface area contributed by atoms with Crippen molar-refractivity contribution in [1.82, 2.24) is 10.2 Å². The molecule has 1 atom stereocenters. The van der Waals surface area contributed by atoms with E-state index >= 15 is 0 Å². The minimum atomic E-state index is -1.13. The van der Waals surface area contributed by atoms with Gasteiger partial charge in [-0.25, -0.2) is 0 Å². The Morgan fingerprint density at radius 3 is 2.28 bits per heavy atom. The van der Waals surface area contributed by atoms with Gasteiger partial charge in [-0.05, 0) is 45.0 Å². The van der Waals surface area contributed by atoms with Crippen LogP contribution in [0.3, 0.4) is 0 Å². The van der Waals surface area contributed by atoms with E-state index in [0.717, 1.165) is 11.8 Å². The van der Waals surface area contributed by atoms with Crippen LogP contribution in [0.25, 0.3) is 0 Å². The summed E-state index contributed by atoms with van der Waals surface area (Å²) in [5, 5.41) is 12.2. The second kappa shape index (κ2) is 9.52. The van der Waals surface area contributed by atoms with Crippen molar-refractivity contribution >= 4 is 29.1 Å². The number of hydrogen-bond donors (Lipinski definition) is 2. The fourth-order valence-electron chi connectivity index (χ4n) is 3.82. The topological polar surface area (TPSA) is 116 Å². The molecule has 172 valence electrons. The van der Waals surface area contributed by atoms with E-state index in [-0.39, 0.29) is 23.7 Å². The molecule has 1 saturated heterocycles. The Hall–Kier alpha value is -3.20. The Morgan fingerprint density at radius 2 is 1.75 bits per heavy atom. The lowest BCUT2D eigenvalue weighted by Crippen LogP contribution is -2.56. The monoisotopic (exact) mass is 443 g/mol. The lowest BCUT2D eigenvalue weighted by molar-refractivity contribution is -0.139. The molecule has 0 bridgehead atoms. The number of ketones is 2. The number of piperazine rings is 1. The molecular weight excluding hydrogens is 414 g/mol. The number of anilines is 1. The molecule has 0 aliphatic carbocycles. The quantitative estimate of drug-likeness (QED) is 0.621. The summed E-state index contributed by atoms with van der Waals surface area (Å²) in [5.41, 5.74) is 0.796. The molecule has 2 amide bonds. The summed E-state index contributed by atoms with van der Waals surface area (Å²) < 4.78 is 5.56. The summed E-state index contributed by atoms with van der Waals surface area (Å²) in [6, 6.07) is 6.19. The van der Waals surface area contributed by atoms with Gasteiger partial charge in [-0.1, -0.05) is 0 Å². The molecule has 3 rings (SSSR count). The van der Waals surface area contributed by atoms with Crippen LogP contribution in [0, 0.1) is 0 Å². The third-order valence-electron chi connectivity index (χ3n) is 5.52. The van der Waals surface area contributed by atoms with Crippen LogP contribution >= 0.6 is 0 Å². The molecule has 32 heavy (non-hydrogen) atoms. The number of nitrogens with one attached hydrogen (secondary N) is 1. The van der Waals surface area contributed by atoms with E-state index in [1.165, 1.54) is 6.92 Å². The average molecular weight is 444 g/mol. The van der Waals surface area contributed by atoms with Crippen molar-refractivity contribution in [3.63, 3.8) is 0 Å². The van der Waals surface area contributed by atoms with Crippen molar-refractivity contribution < 1.29 is 29.0 Å². The van der Waals surface area contributed by atoms with Crippen molar-refractivity contribution in [3.8, 4) is 0 Å². The zero-order valence-electron chi connectivity index (χ0n) is 18.6. The van der Waals surface area contributed by atoms with E-state index < -0.39 is 30.1 Å². The number of rotatable bonds is 6. The summed E-state index contributed by atoms with van der Waals surface area (Å²) in [6.07, 6.45) is 1.28. The van der Waals surface area contributed by atoms with Crippen LogP contribution in [-0.2, 0) is 19.1 Å². The summed E-state index contributed by atoms with van der Waals surface area (Å²) in [4.78, 5) is 52.4. The Balaban J connectivity index is 1.57. The highest BCUT2D eigenvalue weighted by Crippen LogP contribution is 2.24. The van der Waals surface area contributed by atoms with Gasteiger partial charge in [-0.3, -0.25) is 19.2 Å². The molecule has 9 heteroatoms. The molecule has 0 saturated carbocycles. The second-order valence-corrected chi connectivity index (χ2v) is 8.64. The van der Waals surface area contributed by atoms with E-state index in [2.05, 4.69) is 10.2 Å². The Morgan fingerprint density at radius 1 is 1.12 bits per heavy atom. The van der Waals surface area contributed by atoms with Gasteiger partial charge in [0.2, 0.25) is 5.91 Å². The van der Waals surface area contributed by atoms with Gasteiger partial charge in [-0.15, -0.1) is 0 Å². The largest absolute Gasteiger partial charge is 0.482 e. The maximum absolute atomic E-state index is 12.9. The van der Waals surface area contributed by atoms with Gasteiger partial charge in [-0.2, -0.15) is 0 Å². The molecule has 2 aliphatic rings. The number of ether oxygens (including phenoxy) is 1. The number of benzene rings is 1. The molecule has 1 aromatic carbocycles. The maximum Gasteiger partial charge on any atom is 0.287 e. The smallest absolute Gasteiger partial charge is 0.287 e. The molecule has 0 spiro atoms. The molecule has 9 nitrogen and oxygen atoms in total. The molecule has 0 unspecified atom stereocenters. The van der Waals surface area contributed by atoms with Crippen molar-refractivity contribution in [3.05, 3.63) is 41.7 Å². The van der Waals surface area contributed by atoms with Gasteiger partial charge in [0, 0.05) is 49.9 Å². The second-order valence-electron chi connectivity index (χ2n) is 8.64. The number of aliphatic hydroxyl groups excluding tert-OH is 1. The van der Waals surface area contributed by atoms with Crippen LogP contribution in [0.15, 0.2) is 36.1 Å². The highest BCUT2D eigenvalue weighted by atomic mass is 16.5. The van der Waals surface area contributed by atoms with Crippen LogP contribution < -0.4 is 10.2 Å². The Bertz CT molecular complexity index is 930. The van der Waals surface area contributed by atoms with E-state index in [1.54, 1.807) is 30.9 Å². The predicted molar refractivity (Wildman–Crippen MR) is 117 cm³/mol. The number of nitrogens with zero attached hydrogens (tertiary/aromatic N) is 2. The fourth-order valence-corrected chi connectivity index (χ4v) is 3.82. The number of carbonyl (C=O) groups is 4. The van der Waals surface area contributed by atoms with Crippen LogP contribution in [-0.4, -0.2) is 77.8 Å². The molecule has 2 N–H and O–H groups in total. The summed E-state index contributed by atoms with van der Waals surface area (Å²) in [7, 11) is 0. The lowest BCUT2D eigenvalue weighted by Gasteiger charge is -2.37. The van der Waals surface area contributed by atoms with E-state index in [9.17, 15) is 24.3 Å². The fraction of sp³-hybridized carbons (Fsp3) is 0.478. The first-order valence-electron chi connectivity index (χ1n) is 10.6. The van der Waals surface area contributed by atoms with Gasteiger partial charge in [0.25, 0.3) is 5.91 Å². The Kier molecular flexibility index (Phi) is 6.98. The third kappa shape index (κ3) is 5.53. The molecule has 1 fully saturated rings. The summed E-state index contributed by atoms with van der Waals surface area (Å²) in [6.45, 7) is 6.35.